The number of hydrogen-bond acceptors (Lipinski definition) is 3. The highest BCUT2D eigenvalue weighted by Crippen LogP contribution is 2.21. The van der Waals surface area contributed by atoms with Crippen molar-refractivity contribution in [3.8, 4) is 0 Å². The lowest BCUT2D eigenvalue weighted by Crippen LogP contribution is -2.36. The molecular formula is C14H26N4. The van der Waals surface area contributed by atoms with Gasteiger partial charge in [-0.25, -0.2) is 0 Å². The molecule has 4 heteroatoms. The minimum atomic E-state index is 0.382. The van der Waals surface area contributed by atoms with Crippen LogP contribution in [0.15, 0.2) is 0 Å². The second-order valence-electron chi connectivity index (χ2n) is 5.61. The lowest BCUT2D eigenvalue weighted by atomic mass is 10.1. The Labute approximate surface area is 110 Å². The highest BCUT2D eigenvalue weighted by atomic mass is 15.3. The SMILES string of the molecule is Cc1nn(C)c(C)c1C(C)NCC1CCCN1C. The van der Waals surface area contributed by atoms with E-state index in [0.717, 1.165) is 12.2 Å². The average Bonchev–Trinajstić information content (AvgIpc) is 2.81. The first-order valence-electron chi connectivity index (χ1n) is 6.94. The van der Waals surface area contributed by atoms with Gasteiger partial charge in [0, 0.05) is 36.9 Å². The molecule has 1 saturated heterocycles. The van der Waals surface area contributed by atoms with Crippen LogP contribution in [-0.4, -0.2) is 40.9 Å². The molecule has 2 atom stereocenters. The number of aromatic nitrogens is 2. The van der Waals surface area contributed by atoms with E-state index in [9.17, 15) is 0 Å². The van der Waals surface area contributed by atoms with Crippen molar-refractivity contribution in [2.45, 2.75) is 45.7 Å². The van der Waals surface area contributed by atoms with Gasteiger partial charge in [-0.05, 0) is 47.2 Å². The lowest BCUT2D eigenvalue weighted by Gasteiger charge is -2.23. The van der Waals surface area contributed by atoms with Crippen LogP contribution in [-0.2, 0) is 7.05 Å². The Kier molecular flexibility index (Phi) is 4.07. The number of nitrogens with zero attached hydrogens (tertiary/aromatic N) is 3. The third-order valence-electron chi connectivity index (χ3n) is 4.33. The molecule has 0 saturated carbocycles. The standard InChI is InChI=1S/C14H26N4/c1-10(14-11(2)16-18(5)12(14)3)15-9-13-7-6-8-17(13)4/h10,13,15H,6-9H2,1-5H3. The molecule has 102 valence electrons. The van der Waals surface area contributed by atoms with Gasteiger partial charge in [0.2, 0.25) is 0 Å². The van der Waals surface area contributed by atoms with E-state index in [2.05, 4.69) is 43.1 Å². The first-order chi connectivity index (χ1) is 8.50. The summed E-state index contributed by atoms with van der Waals surface area (Å²) in [5, 5.41) is 8.16. The van der Waals surface area contributed by atoms with Gasteiger partial charge < -0.3 is 10.2 Å². The summed E-state index contributed by atoms with van der Waals surface area (Å²) in [4.78, 5) is 2.46. The summed E-state index contributed by atoms with van der Waals surface area (Å²) >= 11 is 0. The smallest absolute Gasteiger partial charge is 0.0644 e. The van der Waals surface area contributed by atoms with Gasteiger partial charge in [-0.1, -0.05) is 0 Å². The lowest BCUT2D eigenvalue weighted by molar-refractivity contribution is 0.293. The Bertz CT molecular complexity index is 410. The molecule has 2 unspecified atom stereocenters. The second kappa shape index (κ2) is 5.41. The molecule has 1 aliphatic heterocycles. The zero-order valence-electron chi connectivity index (χ0n) is 12.3. The molecule has 1 fully saturated rings. The third kappa shape index (κ3) is 2.59. The van der Waals surface area contributed by atoms with Crippen LogP contribution in [0.5, 0.6) is 0 Å². The maximum atomic E-state index is 4.49. The third-order valence-corrected chi connectivity index (χ3v) is 4.33. The van der Waals surface area contributed by atoms with Crippen molar-refractivity contribution < 1.29 is 0 Å². The number of nitrogens with one attached hydrogen (secondary N) is 1. The first kappa shape index (κ1) is 13.6. The van der Waals surface area contributed by atoms with Crippen molar-refractivity contribution in [2.75, 3.05) is 20.1 Å². The van der Waals surface area contributed by atoms with Gasteiger partial charge in [0.1, 0.15) is 0 Å². The molecule has 0 aliphatic carbocycles. The van der Waals surface area contributed by atoms with Crippen molar-refractivity contribution >= 4 is 0 Å². The summed E-state index contributed by atoms with van der Waals surface area (Å²) in [5.74, 6) is 0. The van der Waals surface area contributed by atoms with Crippen molar-refractivity contribution in [1.82, 2.24) is 20.0 Å². The quantitative estimate of drug-likeness (QED) is 0.884. The van der Waals surface area contributed by atoms with Crippen LogP contribution in [0, 0.1) is 13.8 Å². The van der Waals surface area contributed by atoms with E-state index in [-0.39, 0.29) is 0 Å². The molecular weight excluding hydrogens is 224 g/mol. The number of rotatable bonds is 4. The minimum Gasteiger partial charge on any atom is -0.309 e. The first-order valence-corrected chi connectivity index (χ1v) is 6.94. The summed E-state index contributed by atoms with van der Waals surface area (Å²) in [6, 6.07) is 1.08. The number of aryl methyl sites for hydroxylation is 2. The van der Waals surface area contributed by atoms with E-state index >= 15 is 0 Å². The maximum Gasteiger partial charge on any atom is 0.0644 e. The van der Waals surface area contributed by atoms with Crippen LogP contribution in [0.3, 0.4) is 0 Å². The molecule has 2 heterocycles. The van der Waals surface area contributed by atoms with Gasteiger partial charge in [-0.15, -0.1) is 0 Å². The van der Waals surface area contributed by atoms with E-state index in [1.165, 1.54) is 30.6 Å². The summed E-state index contributed by atoms with van der Waals surface area (Å²) in [5.41, 5.74) is 3.78. The Hall–Kier alpha value is -0.870. The summed E-state index contributed by atoms with van der Waals surface area (Å²) < 4.78 is 1.98. The monoisotopic (exact) mass is 250 g/mol. The predicted molar refractivity (Wildman–Crippen MR) is 74.8 cm³/mol. The molecule has 18 heavy (non-hydrogen) atoms. The molecule has 1 N–H and O–H groups in total. The van der Waals surface area contributed by atoms with Gasteiger partial charge in [0.05, 0.1) is 5.69 Å². The fraction of sp³-hybridized carbons (Fsp3) is 0.786. The van der Waals surface area contributed by atoms with E-state index in [1.54, 1.807) is 0 Å². The predicted octanol–water partition coefficient (Wildman–Crippen LogP) is 1.78. The highest BCUT2D eigenvalue weighted by Gasteiger charge is 2.22. The minimum absolute atomic E-state index is 0.382. The van der Waals surface area contributed by atoms with Gasteiger partial charge in [0.25, 0.3) is 0 Å². The zero-order chi connectivity index (χ0) is 13.3. The summed E-state index contributed by atoms with van der Waals surface area (Å²) in [6.07, 6.45) is 2.66. The van der Waals surface area contributed by atoms with Crippen LogP contribution in [0.4, 0.5) is 0 Å². The molecule has 0 amide bonds. The van der Waals surface area contributed by atoms with E-state index < -0.39 is 0 Å². The van der Waals surface area contributed by atoms with Crippen LogP contribution in [0.25, 0.3) is 0 Å². The second-order valence-corrected chi connectivity index (χ2v) is 5.61. The number of likely N-dealkylation sites (N-methyl/N-ethyl adjacent to an activating group) is 1. The van der Waals surface area contributed by atoms with Crippen molar-refractivity contribution in [3.05, 3.63) is 17.0 Å². The summed E-state index contributed by atoms with van der Waals surface area (Å²) in [6.45, 7) is 8.81. The molecule has 0 radical (unpaired) electrons. The van der Waals surface area contributed by atoms with E-state index in [0.29, 0.717) is 12.1 Å². The number of hydrogen-bond donors (Lipinski definition) is 1. The fourth-order valence-corrected chi connectivity index (χ4v) is 3.07. The molecule has 1 aromatic heterocycles. The van der Waals surface area contributed by atoms with Gasteiger partial charge in [0.15, 0.2) is 0 Å². The van der Waals surface area contributed by atoms with Gasteiger partial charge in [-0.2, -0.15) is 5.10 Å². The zero-order valence-corrected chi connectivity index (χ0v) is 12.3. The van der Waals surface area contributed by atoms with Crippen LogP contribution >= 0.6 is 0 Å². The Morgan fingerprint density at radius 2 is 2.11 bits per heavy atom. The summed E-state index contributed by atoms with van der Waals surface area (Å²) in [7, 11) is 4.24. The fourth-order valence-electron chi connectivity index (χ4n) is 3.07. The molecule has 4 nitrogen and oxygen atoms in total. The highest BCUT2D eigenvalue weighted by molar-refractivity contribution is 5.27. The Morgan fingerprint density at radius 1 is 1.39 bits per heavy atom. The normalized spacial score (nSPS) is 22.6. The average molecular weight is 250 g/mol. The molecule has 0 spiro atoms. The maximum absolute atomic E-state index is 4.49. The van der Waals surface area contributed by atoms with Gasteiger partial charge >= 0.3 is 0 Å². The van der Waals surface area contributed by atoms with Crippen LogP contribution in [0.1, 0.15) is 42.8 Å². The Balaban J connectivity index is 1.97. The molecule has 0 aromatic carbocycles. The van der Waals surface area contributed by atoms with Crippen LogP contribution < -0.4 is 5.32 Å². The molecule has 0 bridgehead atoms. The molecule has 2 rings (SSSR count). The largest absolute Gasteiger partial charge is 0.309 e. The van der Waals surface area contributed by atoms with Crippen molar-refractivity contribution in [2.24, 2.45) is 7.05 Å². The topological polar surface area (TPSA) is 33.1 Å². The Morgan fingerprint density at radius 3 is 2.61 bits per heavy atom. The van der Waals surface area contributed by atoms with Gasteiger partial charge in [-0.3, -0.25) is 4.68 Å². The van der Waals surface area contributed by atoms with E-state index in [1.807, 2.05) is 11.7 Å². The van der Waals surface area contributed by atoms with Crippen molar-refractivity contribution in [1.29, 1.82) is 0 Å². The molecule has 1 aromatic rings. The number of likely N-dealkylation sites (tertiary alicyclic amines) is 1. The van der Waals surface area contributed by atoms with Crippen molar-refractivity contribution in [3.63, 3.8) is 0 Å². The molecule has 1 aliphatic rings. The van der Waals surface area contributed by atoms with E-state index in [4.69, 9.17) is 0 Å². The van der Waals surface area contributed by atoms with Crippen LogP contribution in [0.2, 0.25) is 0 Å².